The van der Waals surface area contributed by atoms with Crippen molar-refractivity contribution >= 4 is 22.6 Å². The Hall–Kier alpha value is -2.44. The quantitative estimate of drug-likeness (QED) is 0.702. The Balaban J connectivity index is 1.35. The van der Waals surface area contributed by atoms with Crippen LogP contribution in [0.3, 0.4) is 0 Å². The number of carbonyl (C=O) groups excluding carboxylic acids is 2. The van der Waals surface area contributed by atoms with Crippen molar-refractivity contribution < 1.29 is 14.3 Å². The highest BCUT2D eigenvalue weighted by molar-refractivity contribution is 5.86. The van der Waals surface area contributed by atoms with E-state index in [4.69, 9.17) is 4.74 Å². The largest absolute Gasteiger partial charge is 0.379 e. The van der Waals surface area contributed by atoms with Crippen molar-refractivity contribution in [2.24, 2.45) is 0 Å². The topological polar surface area (TPSA) is 70.7 Å². The second kappa shape index (κ2) is 9.58. The van der Waals surface area contributed by atoms with Gasteiger partial charge in [-0.2, -0.15) is 0 Å². The third-order valence-electron chi connectivity index (χ3n) is 6.33. The van der Waals surface area contributed by atoms with Crippen LogP contribution in [-0.4, -0.2) is 61.6 Å². The van der Waals surface area contributed by atoms with Crippen molar-refractivity contribution in [3.63, 3.8) is 0 Å². The highest BCUT2D eigenvalue weighted by Crippen LogP contribution is 2.32. The standard InChI is InChI=1S/C24H31N3O3/c28-22(25-12-13-27-14-16-30-17-15-27)8-10-24(11-9-23(29)26-24)18-20-6-3-5-19-4-1-2-7-21(19)20/h1-7H,8-18H2,(H,25,28)(H,26,29). The summed E-state index contributed by atoms with van der Waals surface area (Å²) in [5.41, 5.74) is 0.881. The molecule has 2 amide bonds. The van der Waals surface area contributed by atoms with Gasteiger partial charge in [-0.3, -0.25) is 14.5 Å². The van der Waals surface area contributed by atoms with Crippen LogP contribution in [0.15, 0.2) is 42.5 Å². The first-order valence-corrected chi connectivity index (χ1v) is 11.0. The highest BCUT2D eigenvalue weighted by atomic mass is 16.5. The van der Waals surface area contributed by atoms with E-state index in [1.807, 2.05) is 12.1 Å². The molecule has 6 heteroatoms. The number of amides is 2. The molecule has 1 atom stereocenters. The molecule has 6 nitrogen and oxygen atoms in total. The van der Waals surface area contributed by atoms with Crippen LogP contribution in [-0.2, 0) is 20.7 Å². The van der Waals surface area contributed by atoms with Gasteiger partial charge in [-0.25, -0.2) is 0 Å². The summed E-state index contributed by atoms with van der Waals surface area (Å²) in [6.45, 7) is 4.90. The molecule has 1 unspecified atom stereocenters. The zero-order valence-electron chi connectivity index (χ0n) is 17.5. The second-order valence-corrected chi connectivity index (χ2v) is 8.45. The zero-order chi connectivity index (χ0) is 20.8. The highest BCUT2D eigenvalue weighted by Gasteiger charge is 2.38. The minimum atomic E-state index is -0.344. The molecule has 2 saturated heterocycles. The number of morpholine rings is 1. The summed E-state index contributed by atoms with van der Waals surface area (Å²) in [6, 6.07) is 14.7. The van der Waals surface area contributed by atoms with Crippen LogP contribution in [0.4, 0.5) is 0 Å². The lowest BCUT2D eigenvalue weighted by Crippen LogP contribution is -2.45. The van der Waals surface area contributed by atoms with Crippen LogP contribution in [0, 0.1) is 0 Å². The first-order chi connectivity index (χ1) is 14.6. The van der Waals surface area contributed by atoms with Crippen LogP contribution >= 0.6 is 0 Å². The molecule has 2 aliphatic heterocycles. The molecule has 160 valence electrons. The van der Waals surface area contributed by atoms with Gasteiger partial charge in [0.1, 0.15) is 0 Å². The van der Waals surface area contributed by atoms with Crippen molar-refractivity contribution in [1.29, 1.82) is 0 Å². The number of rotatable bonds is 8. The summed E-state index contributed by atoms with van der Waals surface area (Å²) in [4.78, 5) is 26.8. The summed E-state index contributed by atoms with van der Waals surface area (Å²) >= 11 is 0. The van der Waals surface area contributed by atoms with E-state index in [1.54, 1.807) is 0 Å². The first-order valence-electron chi connectivity index (χ1n) is 11.0. The van der Waals surface area contributed by atoms with Crippen molar-refractivity contribution in [3.05, 3.63) is 48.0 Å². The molecule has 2 aliphatic rings. The predicted octanol–water partition coefficient (Wildman–Crippen LogP) is 2.26. The van der Waals surface area contributed by atoms with E-state index in [9.17, 15) is 9.59 Å². The van der Waals surface area contributed by atoms with Gasteiger partial charge in [0.25, 0.3) is 0 Å². The van der Waals surface area contributed by atoms with Crippen LogP contribution in [0.5, 0.6) is 0 Å². The summed E-state index contributed by atoms with van der Waals surface area (Å²) in [5, 5.41) is 8.67. The van der Waals surface area contributed by atoms with Gasteiger partial charge in [0.2, 0.25) is 11.8 Å². The maximum Gasteiger partial charge on any atom is 0.220 e. The second-order valence-electron chi connectivity index (χ2n) is 8.45. The fourth-order valence-corrected chi connectivity index (χ4v) is 4.61. The van der Waals surface area contributed by atoms with E-state index < -0.39 is 0 Å². The maximum absolute atomic E-state index is 12.5. The fourth-order valence-electron chi connectivity index (χ4n) is 4.61. The molecule has 0 spiro atoms. The van der Waals surface area contributed by atoms with Crippen molar-refractivity contribution in [3.8, 4) is 0 Å². The molecule has 2 aromatic carbocycles. The van der Waals surface area contributed by atoms with E-state index in [2.05, 4.69) is 45.9 Å². The number of nitrogens with one attached hydrogen (secondary N) is 2. The minimum Gasteiger partial charge on any atom is -0.379 e. The van der Waals surface area contributed by atoms with Crippen LogP contribution in [0.1, 0.15) is 31.2 Å². The Morgan fingerprint density at radius 1 is 1.13 bits per heavy atom. The van der Waals surface area contributed by atoms with Crippen LogP contribution in [0.2, 0.25) is 0 Å². The fraction of sp³-hybridized carbons (Fsp3) is 0.500. The Labute approximate surface area is 178 Å². The normalized spacial score (nSPS) is 22.2. The van der Waals surface area contributed by atoms with Crippen molar-refractivity contribution in [2.45, 2.75) is 37.6 Å². The molecule has 0 bridgehead atoms. The first kappa shape index (κ1) is 20.8. The Kier molecular flexibility index (Phi) is 6.65. The molecule has 30 heavy (non-hydrogen) atoms. The third-order valence-corrected chi connectivity index (χ3v) is 6.33. The monoisotopic (exact) mass is 409 g/mol. The van der Waals surface area contributed by atoms with E-state index in [0.29, 0.717) is 25.8 Å². The van der Waals surface area contributed by atoms with Gasteiger partial charge in [-0.05, 0) is 35.6 Å². The summed E-state index contributed by atoms with van der Waals surface area (Å²) < 4.78 is 5.35. The molecule has 2 heterocycles. The van der Waals surface area contributed by atoms with E-state index in [-0.39, 0.29) is 17.4 Å². The van der Waals surface area contributed by atoms with Gasteiger partial charge in [0.15, 0.2) is 0 Å². The third kappa shape index (κ3) is 5.18. The van der Waals surface area contributed by atoms with Gasteiger partial charge in [0, 0.05) is 44.6 Å². The lowest BCUT2D eigenvalue weighted by atomic mass is 9.83. The maximum atomic E-state index is 12.5. The number of carbonyl (C=O) groups is 2. The molecule has 2 fully saturated rings. The molecule has 2 N–H and O–H groups in total. The number of ether oxygens (including phenoxy) is 1. The number of hydrogen-bond acceptors (Lipinski definition) is 4. The molecule has 2 aromatic rings. The smallest absolute Gasteiger partial charge is 0.220 e. The van der Waals surface area contributed by atoms with Crippen molar-refractivity contribution in [1.82, 2.24) is 15.5 Å². The Morgan fingerprint density at radius 2 is 1.93 bits per heavy atom. The average Bonchev–Trinajstić information content (AvgIpc) is 3.14. The lowest BCUT2D eigenvalue weighted by Gasteiger charge is -2.30. The van der Waals surface area contributed by atoms with E-state index in [1.165, 1.54) is 16.3 Å². The summed E-state index contributed by atoms with van der Waals surface area (Å²) in [6.07, 6.45) is 3.14. The summed E-state index contributed by atoms with van der Waals surface area (Å²) in [7, 11) is 0. The average molecular weight is 410 g/mol. The molecular weight excluding hydrogens is 378 g/mol. The van der Waals surface area contributed by atoms with E-state index >= 15 is 0 Å². The van der Waals surface area contributed by atoms with Gasteiger partial charge in [-0.15, -0.1) is 0 Å². The van der Waals surface area contributed by atoms with E-state index in [0.717, 1.165) is 45.7 Å². The molecular formula is C24H31N3O3. The molecule has 0 aliphatic carbocycles. The van der Waals surface area contributed by atoms with Crippen LogP contribution < -0.4 is 10.6 Å². The van der Waals surface area contributed by atoms with Gasteiger partial charge in [-0.1, -0.05) is 42.5 Å². The number of hydrogen-bond donors (Lipinski definition) is 2. The van der Waals surface area contributed by atoms with Crippen molar-refractivity contribution in [2.75, 3.05) is 39.4 Å². The molecule has 0 aromatic heterocycles. The number of nitrogens with zero attached hydrogens (tertiary/aromatic N) is 1. The summed E-state index contributed by atoms with van der Waals surface area (Å²) in [5.74, 6) is 0.143. The van der Waals surface area contributed by atoms with Gasteiger partial charge < -0.3 is 15.4 Å². The minimum absolute atomic E-state index is 0.0571. The predicted molar refractivity (Wildman–Crippen MR) is 117 cm³/mol. The van der Waals surface area contributed by atoms with Gasteiger partial charge in [0.05, 0.1) is 13.2 Å². The Bertz CT molecular complexity index is 889. The zero-order valence-corrected chi connectivity index (χ0v) is 17.5. The molecule has 0 radical (unpaired) electrons. The number of benzene rings is 2. The Morgan fingerprint density at radius 3 is 2.73 bits per heavy atom. The van der Waals surface area contributed by atoms with Crippen LogP contribution in [0.25, 0.3) is 10.8 Å². The lowest BCUT2D eigenvalue weighted by molar-refractivity contribution is -0.122. The van der Waals surface area contributed by atoms with Gasteiger partial charge >= 0.3 is 0 Å². The number of fused-ring (bicyclic) bond motifs is 1. The SMILES string of the molecule is O=C(CCC1(Cc2cccc3ccccc23)CCC(=O)N1)NCCN1CCOCC1. The molecule has 4 rings (SSSR count). The molecule has 0 saturated carbocycles.